The number of carbonyl (C=O) groups is 1. The first kappa shape index (κ1) is 11.6. The highest BCUT2D eigenvalue weighted by Crippen LogP contribution is 2.36. The summed E-state index contributed by atoms with van der Waals surface area (Å²) in [4.78, 5) is 12.0. The van der Waals surface area contributed by atoms with Crippen molar-refractivity contribution >= 4 is 5.78 Å². The molecule has 1 atom stereocenters. The molecule has 0 aromatic heterocycles. The van der Waals surface area contributed by atoms with Crippen LogP contribution in [0.5, 0.6) is 17.2 Å². The molecule has 0 amide bonds. The molecule has 0 aliphatic carbocycles. The zero-order chi connectivity index (χ0) is 13.4. The van der Waals surface area contributed by atoms with E-state index in [0.717, 1.165) is 5.56 Å². The number of phenolic OH excluding ortho intramolecular Hbond substituents is 2. The van der Waals surface area contributed by atoms with Crippen LogP contribution in [0.2, 0.25) is 0 Å². The maximum atomic E-state index is 12.0. The number of aromatic hydroxyl groups is 2. The van der Waals surface area contributed by atoms with Crippen molar-refractivity contribution in [3.05, 3.63) is 53.6 Å². The number of hydrogen-bond donors (Lipinski definition) is 2. The summed E-state index contributed by atoms with van der Waals surface area (Å²) in [5.41, 5.74) is 1.25. The van der Waals surface area contributed by atoms with Crippen LogP contribution in [0.15, 0.2) is 42.5 Å². The van der Waals surface area contributed by atoms with E-state index in [9.17, 15) is 15.0 Å². The summed E-state index contributed by atoms with van der Waals surface area (Å²) < 4.78 is 5.77. The van der Waals surface area contributed by atoms with E-state index >= 15 is 0 Å². The maximum Gasteiger partial charge on any atom is 0.170 e. The number of ketones is 1. The molecule has 3 rings (SSSR count). The van der Waals surface area contributed by atoms with Crippen molar-refractivity contribution in [1.29, 1.82) is 0 Å². The average Bonchev–Trinajstić information content (AvgIpc) is 2.40. The Kier molecular flexibility index (Phi) is 2.63. The molecule has 2 aromatic carbocycles. The Morgan fingerprint density at radius 3 is 2.42 bits per heavy atom. The lowest BCUT2D eigenvalue weighted by molar-refractivity contribution is 0.0849. The minimum atomic E-state index is -0.356. The van der Waals surface area contributed by atoms with Crippen molar-refractivity contribution in [2.45, 2.75) is 12.5 Å². The summed E-state index contributed by atoms with van der Waals surface area (Å²) in [6.07, 6.45) is -0.133. The topological polar surface area (TPSA) is 66.8 Å². The summed E-state index contributed by atoms with van der Waals surface area (Å²) in [5, 5.41) is 18.6. The molecule has 1 aliphatic rings. The molecule has 4 heteroatoms. The summed E-state index contributed by atoms with van der Waals surface area (Å²) in [6, 6.07) is 11.1. The van der Waals surface area contributed by atoms with Crippen molar-refractivity contribution in [1.82, 2.24) is 0 Å². The molecule has 0 radical (unpaired) electrons. The van der Waals surface area contributed by atoms with Crippen LogP contribution in [0, 0.1) is 0 Å². The SMILES string of the molecule is O=C1C[C@H](c2ccc(O)cc2)Oc2ccc(O)cc21. The monoisotopic (exact) mass is 256 g/mol. The molecule has 2 aromatic rings. The maximum absolute atomic E-state index is 12.0. The molecule has 96 valence electrons. The highest BCUT2D eigenvalue weighted by molar-refractivity contribution is 6.00. The van der Waals surface area contributed by atoms with Crippen LogP contribution >= 0.6 is 0 Å². The molecule has 0 unspecified atom stereocenters. The number of Topliss-reactive ketones (excluding diaryl/α,β-unsaturated/α-hetero) is 1. The van der Waals surface area contributed by atoms with Crippen LogP contribution in [0.1, 0.15) is 28.4 Å². The van der Waals surface area contributed by atoms with E-state index in [1.165, 1.54) is 12.1 Å². The number of benzene rings is 2. The molecule has 0 saturated heterocycles. The van der Waals surface area contributed by atoms with Gasteiger partial charge in [0.2, 0.25) is 0 Å². The smallest absolute Gasteiger partial charge is 0.170 e. The van der Waals surface area contributed by atoms with Gasteiger partial charge in [-0.3, -0.25) is 4.79 Å². The van der Waals surface area contributed by atoms with E-state index < -0.39 is 0 Å². The Bertz CT molecular complexity index is 631. The fraction of sp³-hybridized carbons (Fsp3) is 0.133. The molecular formula is C15H12O4. The van der Waals surface area contributed by atoms with Crippen molar-refractivity contribution in [2.24, 2.45) is 0 Å². The summed E-state index contributed by atoms with van der Waals surface area (Å²) in [6.45, 7) is 0. The second-order valence-corrected chi connectivity index (χ2v) is 4.51. The average molecular weight is 256 g/mol. The fourth-order valence-corrected chi connectivity index (χ4v) is 2.19. The highest BCUT2D eigenvalue weighted by atomic mass is 16.5. The van der Waals surface area contributed by atoms with Gasteiger partial charge >= 0.3 is 0 Å². The summed E-state index contributed by atoms with van der Waals surface area (Å²) in [5.74, 6) is 0.650. The number of hydrogen-bond acceptors (Lipinski definition) is 4. The number of phenols is 2. The van der Waals surface area contributed by atoms with Gasteiger partial charge in [0.25, 0.3) is 0 Å². The first-order valence-electron chi connectivity index (χ1n) is 5.95. The molecule has 0 saturated carbocycles. The van der Waals surface area contributed by atoms with Crippen LogP contribution in [-0.4, -0.2) is 16.0 Å². The quantitative estimate of drug-likeness (QED) is 0.823. The molecule has 19 heavy (non-hydrogen) atoms. The van der Waals surface area contributed by atoms with Gasteiger partial charge in [-0.2, -0.15) is 0 Å². The third kappa shape index (κ3) is 2.12. The van der Waals surface area contributed by atoms with Gasteiger partial charge in [-0.1, -0.05) is 12.1 Å². The summed E-state index contributed by atoms with van der Waals surface area (Å²) >= 11 is 0. The highest BCUT2D eigenvalue weighted by Gasteiger charge is 2.27. The Labute approximate surface area is 109 Å². The van der Waals surface area contributed by atoms with Crippen LogP contribution in [-0.2, 0) is 0 Å². The Hall–Kier alpha value is -2.49. The predicted octanol–water partition coefficient (Wildman–Crippen LogP) is 2.80. The van der Waals surface area contributed by atoms with Crippen molar-refractivity contribution in [3.63, 3.8) is 0 Å². The lowest BCUT2D eigenvalue weighted by Gasteiger charge is -2.25. The number of fused-ring (bicyclic) bond motifs is 1. The molecule has 2 N–H and O–H groups in total. The van der Waals surface area contributed by atoms with Crippen molar-refractivity contribution in [3.8, 4) is 17.2 Å². The van der Waals surface area contributed by atoms with Crippen molar-refractivity contribution < 1.29 is 19.7 Å². The standard InChI is InChI=1S/C15H12O4/c16-10-3-1-9(2-4-10)15-8-13(18)12-7-11(17)5-6-14(12)19-15/h1-7,15-17H,8H2/t15-/m1/s1. The molecule has 0 spiro atoms. The van der Waals surface area contributed by atoms with E-state index in [1.54, 1.807) is 30.3 Å². The third-order valence-corrected chi connectivity index (χ3v) is 3.17. The van der Waals surface area contributed by atoms with Gasteiger partial charge in [-0.25, -0.2) is 0 Å². The molecule has 1 aliphatic heterocycles. The lowest BCUT2D eigenvalue weighted by Crippen LogP contribution is -2.20. The van der Waals surface area contributed by atoms with Crippen molar-refractivity contribution in [2.75, 3.05) is 0 Å². The second kappa shape index (κ2) is 4.31. The van der Waals surface area contributed by atoms with E-state index in [1.807, 2.05) is 0 Å². The number of ether oxygens (including phenoxy) is 1. The minimum Gasteiger partial charge on any atom is -0.508 e. The van der Waals surface area contributed by atoms with Crippen LogP contribution in [0.25, 0.3) is 0 Å². The van der Waals surface area contributed by atoms with E-state index in [2.05, 4.69) is 0 Å². The third-order valence-electron chi connectivity index (χ3n) is 3.17. The van der Waals surface area contributed by atoms with Gasteiger partial charge in [-0.05, 0) is 35.9 Å². The van der Waals surface area contributed by atoms with Gasteiger partial charge in [0.05, 0.1) is 12.0 Å². The first-order valence-corrected chi connectivity index (χ1v) is 5.95. The normalized spacial score (nSPS) is 17.7. The summed E-state index contributed by atoms with van der Waals surface area (Å²) in [7, 11) is 0. The Morgan fingerprint density at radius 2 is 1.68 bits per heavy atom. The molecule has 4 nitrogen and oxygen atoms in total. The largest absolute Gasteiger partial charge is 0.508 e. The van der Waals surface area contributed by atoms with Crippen LogP contribution in [0.4, 0.5) is 0 Å². The van der Waals surface area contributed by atoms with E-state index in [0.29, 0.717) is 11.3 Å². The van der Waals surface area contributed by atoms with Gasteiger partial charge in [-0.15, -0.1) is 0 Å². The van der Waals surface area contributed by atoms with Crippen LogP contribution in [0.3, 0.4) is 0 Å². The predicted molar refractivity (Wildman–Crippen MR) is 68.5 cm³/mol. The molecular weight excluding hydrogens is 244 g/mol. The second-order valence-electron chi connectivity index (χ2n) is 4.51. The van der Waals surface area contributed by atoms with Gasteiger partial charge in [0.15, 0.2) is 5.78 Å². The Balaban J connectivity index is 1.95. The van der Waals surface area contributed by atoms with Gasteiger partial charge < -0.3 is 14.9 Å². The Morgan fingerprint density at radius 1 is 1.00 bits per heavy atom. The van der Waals surface area contributed by atoms with E-state index in [-0.39, 0.29) is 29.8 Å². The van der Waals surface area contributed by atoms with Gasteiger partial charge in [0, 0.05) is 0 Å². The molecule has 0 fully saturated rings. The fourth-order valence-electron chi connectivity index (χ4n) is 2.19. The van der Waals surface area contributed by atoms with Gasteiger partial charge in [0.1, 0.15) is 23.4 Å². The lowest BCUT2D eigenvalue weighted by atomic mass is 9.96. The van der Waals surface area contributed by atoms with E-state index in [4.69, 9.17) is 4.74 Å². The first-order chi connectivity index (χ1) is 9.13. The zero-order valence-corrected chi connectivity index (χ0v) is 10.0. The number of carbonyl (C=O) groups excluding carboxylic acids is 1. The molecule has 0 bridgehead atoms. The zero-order valence-electron chi connectivity index (χ0n) is 10.0. The number of rotatable bonds is 1. The molecule has 1 heterocycles. The van der Waals surface area contributed by atoms with Crippen LogP contribution < -0.4 is 4.74 Å². The minimum absolute atomic E-state index is 0.0544.